The fraction of sp³-hybridized carbons (Fsp3) is 0.417. The Bertz CT molecular complexity index is 572. The van der Waals surface area contributed by atoms with Crippen LogP contribution in [0.5, 0.6) is 0 Å². The van der Waals surface area contributed by atoms with Gasteiger partial charge in [0.05, 0.1) is 22.7 Å². The summed E-state index contributed by atoms with van der Waals surface area (Å²) < 4.78 is 7.36. The monoisotopic (exact) mass is 251 g/mol. The minimum absolute atomic E-state index is 0.489. The van der Waals surface area contributed by atoms with Crippen LogP contribution in [0.4, 0.5) is 0 Å². The molecule has 17 heavy (non-hydrogen) atoms. The predicted octanol–water partition coefficient (Wildman–Crippen LogP) is 1.80. The summed E-state index contributed by atoms with van der Waals surface area (Å²) >= 11 is 6.19. The fourth-order valence-electron chi connectivity index (χ4n) is 2.42. The van der Waals surface area contributed by atoms with Crippen molar-refractivity contribution in [3.8, 4) is 0 Å². The van der Waals surface area contributed by atoms with E-state index < -0.39 is 5.54 Å². The molecule has 1 aromatic heterocycles. The first-order valence-corrected chi connectivity index (χ1v) is 5.98. The maximum Gasteiger partial charge on any atom is 0.132 e. The number of ether oxygens (including phenoxy) is 1. The average molecular weight is 252 g/mol. The lowest BCUT2D eigenvalue weighted by Gasteiger charge is -2.21. The van der Waals surface area contributed by atoms with Crippen molar-refractivity contribution in [3.05, 3.63) is 29.0 Å². The fourth-order valence-corrected chi connectivity index (χ4v) is 2.72. The van der Waals surface area contributed by atoms with E-state index in [1.165, 1.54) is 0 Å². The minimum Gasteiger partial charge on any atom is -0.379 e. The van der Waals surface area contributed by atoms with Crippen molar-refractivity contribution in [2.45, 2.75) is 12.0 Å². The van der Waals surface area contributed by atoms with Gasteiger partial charge in [-0.1, -0.05) is 17.7 Å². The number of halogens is 1. The lowest BCUT2D eigenvalue weighted by atomic mass is 9.99. The van der Waals surface area contributed by atoms with E-state index in [1.807, 2.05) is 29.8 Å². The van der Waals surface area contributed by atoms with E-state index in [0.29, 0.717) is 18.2 Å². The molecule has 2 aromatic rings. The molecule has 1 fully saturated rings. The maximum atomic E-state index is 6.34. The Morgan fingerprint density at radius 2 is 2.35 bits per heavy atom. The van der Waals surface area contributed by atoms with Crippen LogP contribution in [0.25, 0.3) is 11.0 Å². The quantitative estimate of drug-likeness (QED) is 0.841. The van der Waals surface area contributed by atoms with Gasteiger partial charge in [-0.25, -0.2) is 4.98 Å². The highest BCUT2D eigenvalue weighted by molar-refractivity contribution is 6.35. The van der Waals surface area contributed by atoms with Crippen LogP contribution in [0.1, 0.15) is 12.2 Å². The molecule has 2 heterocycles. The van der Waals surface area contributed by atoms with Gasteiger partial charge in [-0.05, 0) is 18.6 Å². The summed E-state index contributed by atoms with van der Waals surface area (Å²) in [6, 6.07) is 5.71. The molecule has 1 aliphatic rings. The first-order chi connectivity index (χ1) is 8.12. The molecule has 0 saturated carbocycles. The number of aromatic nitrogens is 2. The number of rotatable bonds is 1. The van der Waals surface area contributed by atoms with Crippen molar-refractivity contribution in [1.29, 1.82) is 0 Å². The summed E-state index contributed by atoms with van der Waals surface area (Å²) in [5, 5.41) is 0.700. The third-order valence-electron chi connectivity index (χ3n) is 3.34. The SMILES string of the molecule is Cn1c(C2(N)CCOC2)nc2cccc(Cl)c21. The van der Waals surface area contributed by atoms with E-state index in [-0.39, 0.29) is 0 Å². The third-order valence-corrected chi connectivity index (χ3v) is 3.65. The number of hydrogen-bond acceptors (Lipinski definition) is 3. The molecule has 1 saturated heterocycles. The Labute approximate surface area is 104 Å². The molecule has 3 rings (SSSR count). The molecule has 0 bridgehead atoms. The highest BCUT2D eigenvalue weighted by Gasteiger charge is 2.36. The van der Waals surface area contributed by atoms with Crippen molar-refractivity contribution < 1.29 is 4.74 Å². The summed E-state index contributed by atoms with van der Waals surface area (Å²) in [6.45, 7) is 1.20. The number of aryl methyl sites for hydroxylation is 1. The second-order valence-corrected chi connectivity index (χ2v) is 4.97. The molecule has 0 amide bonds. The largest absolute Gasteiger partial charge is 0.379 e. The van der Waals surface area contributed by atoms with Gasteiger partial charge < -0.3 is 15.0 Å². The van der Waals surface area contributed by atoms with E-state index >= 15 is 0 Å². The lowest BCUT2D eigenvalue weighted by molar-refractivity contribution is 0.175. The highest BCUT2D eigenvalue weighted by atomic mass is 35.5. The number of para-hydroxylation sites is 1. The van der Waals surface area contributed by atoms with Crippen LogP contribution in [-0.2, 0) is 17.3 Å². The zero-order chi connectivity index (χ0) is 12.0. The standard InChI is InChI=1S/C12H14ClN3O/c1-16-10-8(13)3-2-4-9(10)15-11(16)12(14)5-6-17-7-12/h2-4H,5-7,14H2,1H3. The molecular formula is C12H14ClN3O. The number of nitrogens with zero attached hydrogens (tertiary/aromatic N) is 2. The average Bonchev–Trinajstić information content (AvgIpc) is 2.86. The van der Waals surface area contributed by atoms with Crippen LogP contribution in [0.3, 0.4) is 0 Å². The summed E-state index contributed by atoms with van der Waals surface area (Å²) in [5.41, 5.74) is 7.67. The molecule has 1 unspecified atom stereocenters. The lowest BCUT2D eigenvalue weighted by Crippen LogP contribution is -2.39. The van der Waals surface area contributed by atoms with Crippen LogP contribution >= 0.6 is 11.6 Å². The Hall–Kier alpha value is -1.10. The van der Waals surface area contributed by atoms with Gasteiger partial charge in [-0.15, -0.1) is 0 Å². The second-order valence-electron chi connectivity index (χ2n) is 4.56. The Balaban J connectivity index is 2.24. The van der Waals surface area contributed by atoms with Gasteiger partial charge in [0, 0.05) is 13.7 Å². The van der Waals surface area contributed by atoms with Crippen molar-refractivity contribution in [3.63, 3.8) is 0 Å². The van der Waals surface area contributed by atoms with Crippen molar-refractivity contribution >= 4 is 22.6 Å². The Morgan fingerprint density at radius 1 is 1.53 bits per heavy atom. The van der Waals surface area contributed by atoms with E-state index in [2.05, 4.69) is 4.98 Å². The van der Waals surface area contributed by atoms with Crippen molar-refractivity contribution in [1.82, 2.24) is 9.55 Å². The predicted molar refractivity (Wildman–Crippen MR) is 67.0 cm³/mol. The molecule has 0 aliphatic carbocycles. The van der Waals surface area contributed by atoms with E-state index in [1.54, 1.807) is 0 Å². The van der Waals surface area contributed by atoms with Gasteiger partial charge >= 0.3 is 0 Å². The van der Waals surface area contributed by atoms with Gasteiger partial charge in [0.25, 0.3) is 0 Å². The molecule has 1 aromatic carbocycles. The van der Waals surface area contributed by atoms with Crippen LogP contribution < -0.4 is 5.73 Å². The highest BCUT2D eigenvalue weighted by Crippen LogP contribution is 2.31. The van der Waals surface area contributed by atoms with E-state index in [0.717, 1.165) is 23.3 Å². The summed E-state index contributed by atoms with van der Waals surface area (Å²) in [7, 11) is 1.95. The first kappa shape index (κ1) is 11.0. The summed E-state index contributed by atoms with van der Waals surface area (Å²) in [6.07, 6.45) is 0.793. The van der Waals surface area contributed by atoms with Crippen LogP contribution in [0.2, 0.25) is 5.02 Å². The molecule has 4 nitrogen and oxygen atoms in total. The zero-order valence-electron chi connectivity index (χ0n) is 9.61. The number of nitrogens with two attached hydrogens (primary N) is 1. The van der Waals surface area contributed by atoms with Crippen LogP contribution in [0.15, 0.2) is 18.2 Å². The molecular weight excluding hydrogens is 238 g/mol. The normalized spacial score (nSPS) is 24.6. The number of fused-ring (bicyclic) bond motifs is 1. The Kier molecular flexibility index (Phi) is 2.40. The molecule has 1 aliphatic heterocycles. The number of imidazole rings is 1. The molecule has 2 N–H and O–H groups in total. The van der Waals surface area contributed by atoms with Gasteiger partial charge in [0.1, 0.15) is 11.4 Å². The van der Waals surface area contributed by atoms with Gasteiger partial charge in [-0.2, -0.15) is 0 Å². The molecule has 1 atom stereocenters. The third kappa shape index (κ3) is 1.56. The Morgan fingerprint density at radius 3 is 3.00 bits per heavy atom. The van der Waals surface area contributed by atoms with Gasteiger partial charge in [-0.3, -0.25) is 0 Å². The molecule has 0 radical (unpaired) electrons. The van der Waals surface area contributed by atoms with Gasteiger partial charge in [0.2, 0.25) is 0 Å². The van der Waals surface area contributed by atoms with Gasteiger partial charge in [0.15, 0.2) is 0 Å². The van der Waals surface area contributed by atoms with Crippen molar-refractivity contribution in [2.24, 2.45) is 12.8 Å². The smallest absolute Gasteiger partial charge is 0.132 e. The van der Waals surface area contributed by atoms with Crippen LogP contribution in [0, 0.1) is 0 Å². The maximum absolute atomic E-state index is 6.34. The molecule has 0 spiro atoms. The van der Waals surface area contributed by atoms with E-state index in [9.17, 15) is 0 Å². The topological polar surface area (TPSA) is 53.1 Å². The minimum atomic E-state index is -0.489. The second kappa shape index (κ2) is 3.70. The summed E-state index contributed by atoms with van der Waals surface area (Å²) in [4.78, 5) is 4.60. The number of hydrogen-bond donors (Lipinski definition) is 1. The van der Waals surface area contributed by atoms with Crippen LogP contribution in [-0.4, -0.2) is 22.8 Å². The van der Waals surface area contributed by atoms with E-state index in [4.69, 9.17) is 22.1 Å². The molecule has 5 heteroatoms. The number of benzene rings is 1. The zero-order valence-corrected chi connectivity index (χ0v) is 10.4. The molecule has 90 valence electrons. The summed E-state index contributed by atoms with van der Waals surface area (Å²) in [5.74, 6) is 0.845. The first-order valence-electron chi connectivity index (χ1n) is 5.60. The van der Waals surface area contributed by atoms with Crippen molar-refractivity contribution in [2.75, 3.05) is 13.2 Å².